The van der Waals surface area contributed by atoms with E-state index in [-0.39, 0.29) is 61.0 Å². The molecule has 4 atom stereocenters. The highest BCUT2D eigenvalue weighted by Gasteiger charge is 2.47. The minimum absolute atomic E-state index is 0.0192. The van der Waals surface area contributed by atoms with Gasteiger partial charge in [0.1, 0.15) is 6.04 Å². The van der Waals surface area contributed by atoms with Crippen LogP contribution in [0.25, 0.3) is 0 Å². The smallest absolute Gasteiger partial charge is 0.243 e. The molecule has 2 aliphatic rings. The summed E-state index contributed by atoms with van der Waals surface area (Å²) >= 11 is 3.45. The zero-order chi connectivity index (χ0) is 27.9. The van der Waals surface area contributed by atoms with Crippen LogP contribution in [-0.2, 0) is 32.1 Å². The topological polar surface area (TPSA) is 86.8 Å². The van der Waals surface area contributed by atoms with Gasteiger partial charge in [-0.1, -0.05) is 77.5 Å². The number of hydrogen-bond acceptors (Lipinski definition) is 4. The number of halogens is 1. The molecule has 0 bridgehead atoms. The Labute approximate surface area is 238 Å². The summed E-state index contributed by atoms with van der Waals surface area (Å²) in [5, 5.41) is 3.06. The van der Waals surface area contributed by atoms with Crippen LogP contribution in [0.3, 0.4) is 0 Å². The Morgan fingerprint density at radius 3 is 2.18 bits per heavy atom. The third-order valence-electron chi connectivity index (χ3n) is 7.69. The molecule has 1 aliphatic heterocycles. The van der Waals surface area contributed by atoms with Crippen LogP contribution < -0.4 is 5.32 Å². The van der Waals surface area contributed by atoms with Gasteiger partial charge in [-0.05, 0) is 49.4 Å². The molecule has 0 spiro atoms. The van der Waals surface area contributed by atoms with Crippen molar-refractivity contribution in [3.8, 4) is 0 Å². The zero-order valence-electron chi connectivity index (χ0n) is 22.5. The molecule has 7 nitrogen and oxygen atoms in total. The van der Waals surface area contributed by atoms with Crippen molar-refractivity contribution in [2.24, 2.45) is 11.8 Å². The molecule has 1 fully saturated rings. The van der Waals surface area contributed by atoms with Gasteiger partial charge < -0.3 is 10.2 Å². The lowest BCUT2D eigenvalue weighted by molar-refractivity contribution is -0.144. The lowest BCUT2D eigenvalue weighted by atomic mass is 9.85. The number of nitrogens with zero attached hydrogens (tertiary/aromatic N) is 2. The van der Waals surface area contributed by atoms with Crippen LogP contribution in [0.15, 0.2) is 71.2 Å². The number of rotatable bonds is 11. The molecule has 0 aromatic heterocycles. The Balaban J connectivity index is 1.58. The zero-order valence-corrected chi connectivity index (χ0v) is 24.1. The number of nitrogens with one attached hydrogen (secondary N) is 1. The number of likely N-dealkylation sites (tertiary alicyclic amines) is 1. The van der Waals surface area contributed by atoms with Gasteiger partial charge in [-0.25, -0.2) is 0 Å². The Morgan fingerprint density at radius 2 is 1.59 bits per heavy atom. The second kappa shape index (κ2) is 13.2. The first-order valence-corrected chi connectivity index (χ1v) is 14.5. The van der Waals surface area contributed by atoms with Crippen LogP contribution in [0.1, 0.15) is 50.7 Å². The van der Waals surface area contributed by atoms with Crippen molar-refractivity contribution in [3.05, 3.63) is 82.3 Å². The second-order valence-corrected chi connectivity index (χ2v) is 11.3. The van der Waals surface area contributed by atoms with E-state index in [0.29, 0.717) is 19.3 Å². The summed E-state index contributed by atoms with van der Waals surface area (Å²) in [6.45, 7) is 4.19. The van der Waals surface area contributed by atoms with Crippen LogP contribution in [0, 0.1) is 11.8 Å². The molecule has 206 valence electrons. The molecule has 39 heavy (non-hydrogen) atoms. The van der Waals surface area contributed by atoms with Gasteiger partial charge in [0.05, 0.1) is 11.8 Å². The van der Waals surface area contributed by atoms with Gasteiger partial charge in [0.15, 0.2) is 0 Å². The molecule has 4 rings (SSSR count). The summed E-state index contributed by atoms with van der Waals surface area (Å²) in [5.41, 5.74) is 1.82. The van der Waals surface area contributed by atoms with E-state index in [1.807, 2.05) is 80.6 Å². The number of carbonyl (C=O) groups is 4. The quantitative estimate of drug-likeness (QED) is 0.303. The Hall–Kier alpha value is -3.26. The predicted octanol–water partition coefficient (Wildman–Crippen LogP) is 4.65. The summed E-state index contributed by atoms with van der Waals surface area (Å²) in [4.78, 5) is 56.3. The summed E-state index contributed by atoms with van der Waals surface area (Å²) < 4.78 is 0.918. The van der Waals surface area contributed by atoms with Crippen molar-refractivity contribution in [2.45, 2.75) is 64.6 Å². The van der Waals surface area contributed by atoms with Gasteiger partial charge in [-0.2, -0.15) is 0 Å². The molecule has 1 aliphatic carbocycles. The number of amides is 4. The van der Waals surface area contributed by atoms with Crippen molar-refractivity contribution in [2.75, 3.05) is 6.54 Å². The number of hydrogen-bond donors (Lipinski definition) is 1. The molecule has 1 saturated heterocycles. The Morgan fingerprint density at radius 1 is 0.974 bits per heavy atom. The normalized spacial score (nSPS) is 19.9. The van der Waals surface area contributed by atoms with Crippen molar-refractivity contribution >= 4 is 39.6 Å². The Bertz CT molecular complexity index is 1190. The van der Waals surface area contributed by atoms with Gasteiger partial charge in [0.2, 0.25) is 23.6 Å². The average Bonchev–Trinajstić information content (AvgIpc) is 3.19. The van der Waals surface area contributed by atoms with E-state index in [1.165, 1.54) is 4.90 Å². The van der Waals surface area contributed by atoms with E-state index in [1.54, 1.807) is 4.90 Å². The maximum atomic E-state index is 13.9. The van der Waals surface area contributed by atoms with Gasteiger partial charge in [-0.15, -0.1) is 0 Å². The minimum Gasteiger partial charge on any atom is -0.352 e. The average molecular weight is 595 g/mol. The molecule has 1 heterocycles. The third kappa shape index (κ3) is 7.04. The van der Waals surface area contributed by atoms with Crippen LogP contribution in [0.4, 0.5) is 0 Å². The molecule has 0 radical (unpaired) electrons. The molecule has 2 aromatic rings. The monoisotopic (exact) mass is 593 g/mol. The van der Waals surface area contributed by atoms with E-state index < -0.39 is 6.04 Å². The summed E-state index contributed by atoms with van der Waals surface area (Å²) in [6, 6.07) is 16.5. The fraction of sp³-hybridized carbons (Fsp3) is 0.419. The summed E-state index contributed by atoms with van der Waals surface area (Å²) in [6.07, 6.45) is 6.09. The lowest BCUT2D eigenvalue weighted by Gasteiger charge is -2.33. The van der Waals surface area contributed by atoms with Crippen molar-refractivity contribution in [1.82, 2.24) is 15.1 Å². The van der Waals surface area contributed by atoms with Crippen molar-refractivity contribution < 1.29 is 19.2 Å². The first-order valence-electron chi connectivity index (χ1n) is 13.7. The first kappa shape index (κ1) is 28.7. The summed E-state index contributed by atoms with van der Waals surface area (Å²) in [7, 11) is 0. The number of fused-ring (bicyclic) bond motifs is 1. The Kier molecular flexibility index (Phi) is 9.73. The molecule has 0 saturated carbocycles. The molecular weight excluding hydrogens is 558 g/mol. The lowest BCUT2D eigenvalue weighted by Crippen LogP contribution is -2.52. The van der Waals surface area contributed by atoms with Gasteiger partial charge in [0, 0.05) is 36.4 Å². The van der Waals surface area contributed by atoms with Crippen molar-refractivity contribution in [1.29, 1.82) is 0 Å². The fourth-order valence-corrected chi connectivity index (χ4v) is 5.49. The molecule has 0 unspecified atom stereocenters. The molecule has 1 N–H and O–H groups in total. The molecule has 4 amide bonds. The van der Waals surface area contributed by atoms with E-state index in [9.17, 15) is 19.2 Å². The van der Waals surface area contributed by atoms with Gasteiger partial charge in [0.25, 0.3) is 0 Å². The van der Waals surface area contributed by atoms with Crippen LogP contribution in [0.5, 0.6) is 0 Å². The maximum absolute atomic E-state index is 13.9. The first-order chi connectivity index (χ1) is 18.8. The van der Waals surface area contributed by atoms with Crippen LogP contribution in [-0.4, -0.2) is 52.1 Å². The number of imide groups is 1. The van der Waals surface area contributed by atoms with E-state index >= 15 is 0 Å². The van der Waals surface area contributed by atoms with Crippen LogP contribution in [0.2, 0.25) is 0 Å². The third-order valence-corrected chi connectivity index (χ3v) is 8.22. The highest BCUT2D eigenvalue weighted by Crippen LogP contribution is 2.35. The molecule has 8 heteroatoms. The number of carbonyl (C=O) groups excluding carboxylic acids is 4. The minimum atomic E-state index is -0.755. The highest BCUT2D eigenvalue weighted by atomic mass is 79.9. The predicted molar refractivity (Wildman–Crippen MR) is 153 cm³/mol. The standard InChI is InChI=1S/C31H36BrN3O4/c1-3-21(2)33-29(37)27(19-22-9-5-4-6-10-22)35(20-23-13-15-24(32)16-14-23)28(36)17-18-34-30(38)25-11-7-8-12-26(25)31(34)39/h4-10,13-16,21,25-27H,3,11-12,17-20H2,1-2H3,(H,33,37)/t21-,25-,26+,27-/m1/s1. The number of benzene rings is 2. The number of allylic oxidation sites excluding steroid dienone is 2. The van der Waals surface area contributed by atoms with Crippen molar-refractivity contribution in [3.63, 3.8) is 0 Å². The summed E-state index contributed by atoms with van der Waals surface area (Å²) in [5.74, 6) is -1.54. The van der Waals surface area contributed by atoms with Crippen LogP contribution >= 0.6 is 15.9 Å². The van der Waals surface area contributed by atoms with E-state index in [4.69, 9.17) is 0 Å². The SMILES string of the molecule is CC[C@@H](C)NC(=O)[C@@H](Cc1ccccc1)N(Cc1ccc(Br)cc1)C(=O)CCN1C(=O)[C@H]2CC=CC[C@H]2C1=O. The van der Waals surface area contributed by atoms with Gasteiger partial charge >= 0.3 is 0 Å². The van der Waals surface area contributed by atoms with E-state index in [0.717, 1.165) is 22.0 Å². The molecule has 2 aromatic carbocycles. The largest absolute Gasteiger partial charge is 0.352 e. The highest BCUT2D eigenvalue weighted by molar-refractivity contribution is 9.10. The maximum Gasteiger partial charge on any atom is 0.243 e. The van der Waals surface area contributed by atoms with E-state index in [2.05, 4.69) is 21.2 Å². The molecular formula is C31H36BrN3O4. The van der Waals surface area contributed by atoms with Gasteiger partial charge in [-0.3, -0.25) is 24.1 Å². The fourth-order valence-electron chi connectivity index (χ4n) is 5.22. The second-order valence-electron chi connectivity index (χ2n) is 10.4.